The number of quaternary nitrogens is 1. The van der Waals surface area contributed by atoms with Crippen molar-refractivity contribution in [3.63, 3.8) is 0 Å². The third-order valence-corrected chi connectivity index (χ3v) is 7.45. The van der Waals surface area contributed by atoms with Crippen LogP contribution in [0.25, 0.3) is 10.8 Å². The van der Waals surface area contributed by atoms with Crippen LogP contribution in [0.2, 0.25) is 0 Å². The van der Waals surface area contributed by atoms with Gasteiger partial charge in [0, 0.05) is 27.8 Å². The van der Waals surface area contributed by atoms with Gasteiger partial charge in [-0.3, -0.25) is 0 Å². The standard InChI is InChI=1S/C28H28N.C11H8O2/c1-5-13-25(14-6-1)21-29(22-26-15-7-2-8-16-26,23-27-17-9-3-10-18-27)24-28-19-11-4-12-20-28;12-11(13)10-7-3-5-8-4-1-2-6-9(8)10/h1-20H,21-24H2;1-7H,(H,12,13)/q+1;/p-1. The summed E-state index contributed by atoms with van der Waals surface area (Å²) in [5, 5.41) is 12.4. The maximum atomic E-state index is 10.7. The summed E-state index contributed by atoms with van der Waals surface area (Å²) in [7, 11) is 0. The van der Waals surface area contributed by atoms with Crippen molar-refractivity contribution in [3.8, 4) is 0 Å². The molecule has 0 radical (unpaired) electrons. The molecule has 0 atom stereocenters. The van der Waals surface area contributed by atoms with Crippen LogP contribution in [0.1, 0.15) is 32.6 Å². The van der Waals surface area contributed by atoms with Gasteiger partial charge in [0.2, 0.25) is 0 Å². The molecule has 0 bridgehead atoms. The number of hydrogen-bond donors (Lipinski definition) is 0. The maximum absolute atomic E-state index is 10.7. The van der Waals surface area contributed by atoms with Crippen LogP contribution < -0.4 is 5.11 Å². The molecule has 0 unspecified atom stereocenters. The van der Waals surface area contributed by atoms with Gasteiger partial charge in [-0.15, -0.1) is 0 Å². The summed E-state index contributed by atoms with van der Waals surface area (Å²) in [6.07, 6.45) is 0. The lowest BCUT2D eigenvalue weighted by Gasteiger charge is -2.39. The van der Waals surface area contributed by atoms with E-state index in [1.54, 1.807) is 18.2 Å². The van der Waals surface area contributed by atoms with Crippen LogP contribution >= 0.6 is 0 Å². The summed E-state index contributed by atoms with van der Waals surface area (Å²) in [6.45, 7) is 4.00. The number of fused-ring (bicyclic) bond motifs is 1. The molecule has 0 N–H and O–H groups in total. The molecule has 6 aromatic rings. The fourth-order valence-corrected chi connectivity index (χ4v) is 5.62. The first-order chi connectivity index (χ1) is 20.6. The number of nitrogens with zero attached hydrogens (tertiary/aromatic N) is 1. The number of carbonyl (C=O) groups is 1. The van der Waals surface area contributed by atoms with E-state index in [0.717, 1.165) is 41.4 Å². The number of rotatable bonds is 9. The first-order valence-corrected chi connectivity index (χ1v) is 14.3. The normalized spacial score (nSPS) is 11.0. The van der Waals surface area contributed by atoms with E-state index in [-0.39, 0.29) is 5.56 Å². The first kappa shape index (κ1) is 28.5. The molecule has 6 aromatic carbocycles. The number of benzene rings is 6. The average molecular weight is 550 g/mol. The molecule has 0 fully saturated rings. The van der Waals surface area contributed by atoms with Crippen LogP contribution in [-0.4, -0.2) is 10.5 Å². The number of hydrogen-bond acceptors (Lipinski definition) is 2. The van der Waals surface area contributed by atoms with Gasteiger partial charge in [-0.05, 0) is 10.8 Å². The minimum absolute atomic E-state index is 0.248. The minimum atomic E-state index is -1.13. The summed E-state index contributed by atoms with van der Waals surface area (Å²) < 4.78 is 0.960. The average Bonchev–Trinajstić information content (AvgIpc) is 3.03. The monoisotopic (exact) mass is 549 g/mol. The van der Waals surface area contributed by atoms with Crippen LogP contribution in [0.15, 0.2) is 164 Å². The molecule has 0 aliphatic heterocycles. The molecule has 0 heterocycles. The van der Waals surface area contributed by atoms with E-state index in [1.807, 2.05) is 24.3 Å². The summed E-state index contributed by atoms with van der Waals surface area (Å²) >= 11 is 0. The highest BCUT2D eigenvalue weighted by Crippen LogP contribution is 2.27. The van der Waals surface area contributed by atoms with Crippen molar-refractivity contribution in [1.82, 2.24) is 0 Å². The van der Waals surface area contributed by atoms with Gasteiger partial charge < -0.3 is 14.4 Å². The van der Waals surface area contributed by atoms with Gasteiger partial charge in [-0.1, -0.05) is 164 Å². The van der Waals surface area contributed by atoms with Gasteiger partial charge in [0.15, 0.2) is 0 Å². The Kier molecular flexibility index (Phi) is 9.56. The van der Waals surface area contributed by atoms with Gasteiger partial charge >= 0.3 is 0 Å². The number of carbonyl (C=O) groups excluding carboxylic acids is 1. The molecule has 0 saturated heterocycles. The molecule has 0 saturated carbocycles. The maximum Gasteiger partial charge on any atom is 0.105 e. The predicted molar refractivity (Wildman–Crippen MR) is 169 cm³/mol. The Bertz CT molecular complexity index is 1510. The molecule has 208 valence electrons. The highest BCUT2D eigenvalue weighted by molar-refractivity contribution is 6.02. The van der Waals surface area contributed by atoms with Crippen LogP contribution in [0.4, 0.5) is 0 Å². The summed E-state index contributed by atoms with van der Waals surface area (Å²) in [6, 6.07) is 56.2. The Morgan fingerprint density at radius 1 is 0.429 bits per heavy atom. The third-order valence-electron chi connectivity index (χ3n) is 7.45. The number of carboxylic acid groups (broad SMARTS) is 1. The molecule has 0 amide bonds. The van der Waals surface area contributed by atoms with E-state index in [2.05, 4.69) is 121 Å². The van der Waals surface area contributed by atoms with Crippen molar-refractivity contribution in [3.05, 3.63) is 192 Å². The van der Waals surface area contributed by atoms with Gasteiger partial charge in [-0.2, -0.15) is 0 Å². The Labute approximate surface area is 248 Å². The smallest absolute Gasteiger partial charge is 0.105 e. The lowest BCUT2D eigenvalue weighted by molar-refractivity contribution is -0.978. The topological polar surface area (TPSA) is 40.1 Å². The van der Waals surface area contributed by atoms with Crippen molar-refractivity contribution in [2.24, 2.45) is 0 Å². The lowest BCUT2D eigenvalue weighted by Crippen LogP contribution is -2.45. The summed E-state index contributed by atoms with van der Waals surface area (Å²) in [4.78, 5) is 10.7. The molecule has 3 nitrogen and oxygen atoms in total. The SMILES string of the molecule is O=C([O-])c1cccc2ccccc12.c1ccc(C[N+](Cc2ccccc2)(Cc2ccccc2)Cc2ccccc2)cc1. The highest BCUT2D eigenvalue weighted by Gasteiger charge is 2.29. The molecule has 0 aliphatic carbocycles. The van der Waals surface area contributed by atoms with Crippen molar-refractivity contribution >= 4 is 16.7 Å². The Morgan fingerprint density at radius 3 is 1.14 bits per heavy atom. The van der Waals surface area contributed by atoms with Crippen LogP contribution in [0.3, 0.4) is 0 Å². The molecule has 0 spiro atoms. The fraction of sp³-hybridized carbons (Fsp3) is 0.103. The molecule has 42 heavy (non-hydrogen) atoms. The van der Waals surface area contributed by atoms with E-state index in [0.29, 0.717) is 0 Å². The second kappa shape index (κ2) is 14.1. The Hall–Kier alpha value is -4.99. The van der Waals surface area contributed by atoms with Crippen molar-refractivity contribution in [2.45, 2.75) is 26.2 Å². The lowest BCUT2D eigenvalue weighted by atomic mass is 10.0. The first-order valence-electron chi connectivity index (χ1n) is 14.3. The predicted octanol–water partition coefficient (Wildman–Crippen LogP) is 7.81. The minimum Gasteiger partial charge on any atom is -0.545 e. The van der Waals surface area contributed by atoms with E-state index in [4.69, 9.17) is 0 Å². The largest absolute Gasteiger partial charge is 0.545 e. The molecular weight excluding hydrogens is 514 g/mol. The summed E-state index contributed by atoms with van der Waals surface area (Å²) in [5.74, 6) is -1.13. The van der Waals surface area contributed by atoms with E-state index < -0.39 is 5.97 Å². The van der Waals surface area contributed by atoms with E-state index >= 15 is 0 Å². The van der Waals surface area contributed by atoms with Gasteiger partial charge in [-0.25, -0.2) is 0 Å². The van der Waals surface area contributed by atoms with E-state index in [9.17, 15) is 9.90 Å². The molecule has 3 heteroatoms. The zero-order valence-electron chi connectivity index (χ0n) is 23.7. The zero-order valence-corrected chi connectivity index (χ0v) is 23.7. The quantitative estimate of drug-likeness (QED) is 0.173. The van der Waals surface area contributed by atoms with Crippen molar-refractivity contribution in [2.75, 3.05) is 0 Å². The molecule has 6 rings (SSSR count). The highest BCUT2D eigenvalue weighted by atomic mass is 16.4. The number of aromatic carboxylic acids is 1. The van der Waals surface area contributed by atoms with Gasteiger partial charge in [0.25, 0.3) is 0 Å². The molecule has 0 aliphatic rings. The third kappa shape index (κ3) is 7.81. The second-order valence-electron chi connectivity index (χ2n) is 10.7. The Morgan fingerprint density at radius 2 is 0.762 bits per heavy atom. The second-order valence-corrected chi connectivity index (χ2v) is 10.7. The summed E-state index contributed by atoms with van der Waals surface area (Å²) in [5.41, 5.74) is 5.79. The van der Waals surface area contributed by atoms with Crippen LogP contribution in [-0.2, 0) is 26.2 Å². The van der Waals surface area contributed by atoms with Gasteiger partial charge in [0.1, 0.15) is 26.2 Å². The molecular formula is C39H35NO2. The van der Waals surface area contributed by atoms with Crippen molar-refractivity contribution < 1.29 is 14.4 Å². The van der Waals surface area contributed by atoms with Crippen LogP contribution in [0, 0.1) is 0 Å². The van der Waals surface area contributed by atoms with Crippen molar-refractivity contribution in [1.29, 1.82) is 0 Å². The van der Waals surface area contributed by atoms with Crippen LogP contribution in [0.5, 0.6) is 0 Å². The fourth-order valence-electron chi connectivity index (χ4n) is 5.62. The molecule has 0 aromatic heterocycles. The number of carboxylic acids is 1. The van der Waals surface area contributed by atoms with E-state index in [1.165, 1.54) is 22.3 Å². The zero-order chi connectivity index (χ0) is 29.0. The Balaban J connectivity index is 0.000000226. The van der Waals surface area contributed by atoms with Gasteiger partial charge in [0.05, 0.1) is 5.97 Å².